The molecule has 0 bridgehead atoms. The van der Waals surface area contributed by atoms with Crippen molar-refractivity contribution in [3.8, 4) is 5.88 Å². The molecule has 150 valence electrons. The molecule has 3 heterocycles. The molecular formula is C19H27N7O2. The van der Waals surface area contributed by atoms with Gasteiger partial charge in [-0.05, 0) is 19.9 Å². The van der Waals surface area contributed by atoms with Gasteiger partial charge in [-0.25, -0.2) is 9.98 Å². The second-order valence-corrected chi connectivity index (χ2v) is 6.41. The number of aromatic nitrogens is 3. The summed E-state index contributed by atoms with van der Waals surface area (Å²) >= 11 is 0. The number of carbonyl (C=O) groups is 1. The lowest BCUT2D eigenvalue weighted by Gasteiger charge is -2.35. The number of hydrogen-bond acceptors (Lipinski definition) is 5. The highest BCUT2D eigenvalue weighted by Crippen LogP contribution is 2.18. The van der Waals surface area contributed by atoms with Gasteiger partial charge in [0.25, 0.3) is 0 Å². The quantitative estimate of drug-likeness (QED) is 0.590. The van der Waals surface area contributed by atoms with Crippen molar-refractivity contribution in [3.63, 3.8) is 0 Å². The molecule has 9 heteroatoms. The van der Waals surface area contributed by atoms with E-state index in [1.165, 1.54) is 0 Å². The Hall–Kier alpha value is -3.10. The third kappa shape index (κ3) is 4.59. The van der Waals surface area contributed by atoms with Crippen LogP contribution in [0.2, 0.25) is 0 Å². The van der Waals surface area contributed by atoms with E-state index < -0.39 is 0 Å². The van der Waals surface area contributed by atoms with Gasteiger partial charge in [0.15, 0.2) is 5.96 Å². The monoisotopic (exact) mass is 385 g/mol. The summed E-state index contributed by atoms with van der Waals surface area (Å²) in [6.45, 7) is 7.20. The predicted octanol–water partition coefficient (Wildman–Crippen LogP) is 1.03. The molecule has 1 saturated heterocycles. The van der Waals surface area contributed by atoms with Crippen LogP contribution in [0.15, 0.2) is 35.7 Å². The van der Waals surface area contributed by atoms with Gasteiger partial charge in [-0.15, -0.1) is 0 Å². The maximum Gasteiger partial charge on any atom is 0.246 e. The van der Waals surface area contributed by atoms with Crippen molar-refractivity contribution in [2.24, 2.45) is 12.0 Å². The summed E-state index contributed by atoms with van der Waals surface area (Å²) in [6, 6.07) is 3.83. The first-order valence-corrected chi connectivity index (χ1v) is 9.51. The number of hydrogen-bond donors (Lipinski definition) is 1. The van der Waals surface area contributed by atoms with E-state index in [0.717, 1.165) is 17.8 Å². The van der Waals surface area contributed by atoms with Gasteiger partial charge < -0.3 is 19.9 Å². The number of carbonyl (C=O) groups excluding carboxylic acids is 1. The molecule has 0 atom stereocenters. The van der Waals surface area contributed by atoms with Crippen LogP contribution in [-0.2, 0) is 18.4 Å². The smallest absolute Gasteiger partial charge is 0.246 e. The van der Waals surface area contributed by atoms with Crippen LogP contribution in [0, 0.1) is 0 Å². The maximum atomic E-state index is 12.7. The van der Waals surface area contributed by atoms with E-state index in [0.29, 0.717) is 38.1 Å². The minimum atomic E-state index is 0.0289. The third-order valence-electron chi connectivity index (χ3n) is 4.39. The number of nitrogens with zero attached hydrogens (tertiary/aromatic N) is 6. The molecule has 0 unspecified atom stereocenters. The molecule has 0 saturated carbocycles. The van der Waals surface area contributed by atoms with Crippen molar-refractivity contribution in [2.75, 3.05) is 37.7 Å². The molecule has 9 nitrogen and oxygen atoms in total. The van der Waals surface area contributed by atoms with Crippen LogP contribution in [0.1, 0.15) is 19.4 Å². The zero-order valence-corrected chi connectivity index (χ0v) is 16.6. The molecule has 0 radical (unpaired) electrons. The molecular weight excluding hydrogens is 358 g/mol. The fourth-order valence-electron chi connectivity index (χ4n) is 3.07. The van der Waals surface area contributed by atoms with Gasteiger partial charge in [0.1, 0.15) is 6.54 Å². The SMILES string of the molecule is CCNC(=NCc1cccnc1OCC)N1CCN(c2cnn(C)c2)C(=O)C1. The average molecular weight is 385 g/mol. The number of guanidine groups is 1. The Bertz CT molecular complexity index is 833. The van der Waals surface area contributed by atoms with Crippen LogP contribution in [0.3, 0.4) is 0 Å². The highest BCUT2D eigenvalue weighted by molar-refractivity contribution is 5.98. The van der Waals surface area contributed by atoms with Crippen LogP contribution in [0.5, 0.6) is 5.88 Å². The number of pyridine rings is 1. The Morgan fingerprint density at radius 3 is 2.89 bits per heavy atom. The summed E-state index contributed by atoms with van der Waals surface area (Å²) in [5.41, 5.74) is 1.74. The molecule has 1 aliphatic rings. The van der Waals surface area contributed by atoms with Crippen LogP contribution < -0.4 is 15.0 Å². The van der Waals surface area contributed by atoms with Crippen molar-refractivity contribution in [3.05, 3.63) is 36.3 Å². The minimum absolute atomic E-state index is 0.0289. The number of rotatable bonds is 6. The fraction of sp³-hybridized carbons (Fsp3) is 0.474. The van der Waals surface area contributed by atoms with Crippen molar-refractivity contribution in [1.82, 2.24) is 25.0 Å². The van der Waals surface area contributed by atoms with Gasteiger partial charge in [-0.3, -0.25) is 9.48 Å². The molecule has 1 amide bonds. The Morgan fingerprint density at radius 2 is 2.21 bits per heavy atom. The standard InChI is InChI=1S/C19H27N7O2/c1-4-20-19(22-11-15-7-6-8-21-18(15)28-5-2)25-9-10-26(17(27)14-25)16-12-23-24(3)13-16/h6-8,12-13H,4-5,9-11,14H2,1-3H3,(H,20,22). The third-order valence-corrected chi connectivity index (χ3v) is 4.39. The molecule has 2 aromatic heterocycles. The topological polar surface area (TPSA) is 87.9 Å². The van der Waals surface area contributed by atoms with Crippen molar-refractivity contribution >= 4 is 17.6 Å². The summed E-state index contributed by atoms with van der Waals surface area (Å²) in [4.78, 5) is 25.4. The summed E-state index contributed by atoms with van der Waals surface area (Å²) in [7, 11) is 1.84. The van der Waals surface area contributed by atoms with E-state index in [2.05, 4.69) is 15.4 Å². The highest BCUT2D eigenvalue weighted by atomic mass is 16.5. The molecule has 0 spiro atoms. The van der Waals surface area contributed by atoms with Crippen LogP contribution in [0.4, 0.5) is 5.69 Å². The predicted molar refractivity (Wildman–Crippen MR) is 107 cm³/mol. The summed E-state index contributed by atoms with van der Waals surface area (Å²) in [6.07, 6.45) is 5.27. The van der Waals surface area contributed by atoms with E-state index in [1.54, 1.807) is 22.0 Å². The molecule has 3 rings (SSSR count). The van der Waals surface area contributed by atoms with E-state index in [9.17, 15) is 4.79 Å². The first-order valence-electron chi connectivity index (χ1n) is 9.51. The molecule has 0 aromatic carbocycles. The molecule has 2 aromatic rings. The highest BCUT2D eigenvalue weighted by Gasteiger charge is 2.27. The Morgan fingerprint density at radius 1 is 1.36 bits per heavy atom. The van der Waals surface area contributed by atoms with Crippen molar-refractivity contribution < 1.29 is 9.53 Å². The van der Waals surface area contributed by atoms with Gasteiger partial charge in [0, 0.05) is 44.6 Å². The normalized spacial score (nSPS) is 15.1. The average Bonchev–Trinajstić information content (AvgIpc) is 3.12. The Labute approximate surface area is 165 Å². The second kappa shape index (κ2) is 9.20. The first kappa shape index (κ1) is 19.7. The van der Waals surface area contributed by atoms with Crippen molar-refractivity contribution in [1.29, 1.82) is 0 Å². The number of aryl methyl sites for hydroxylation is 1. The van der Waals surface area contributed by atoms with E-state index >= 15 is 0 Å². The first-order chi connectivity index (χ1) is 13.6. The zero-order valence-electron chi connectivity index (χ0n) is 16.6. The molecule has 1 fully saturated rings. The van der Waals surface area contributed by atoms with Crippen molar-refractivity contribution in [2.45, 2.75) is 20.4 Å². The minimum Gasteiger partial charge on any atom is -0.478 e. The molecule has 0 aliphatic carbocycles. The molecule has 1 aliphatic heterocycles. The number of nitrogens with one attached hydrogen (secondary N) is 1. The van der Waals surface area contributed by atoms with E-state index in [1.807, 2.05) is 44.1 Å². The van der Waals surface area contributed by atoms with Gasteiger partial charge in [0.05, 0.1) is 25.0 Å². The summed E-state index contributed by atoms with van der Waals surface area (Å²) < 4.78 is 7.27. The van der Waals surface area contributed by atoms with Gasteiger partial charge in [-0.1, -0.05) is 6.07 Å². The Balaban J connectivity index is 1.71. The van der Waals surface area contributed by atoms with Crippen LogP contribution in [-0.4, -0.2) is 64.3 Å². The lowest BCUT2D eigenvalue weighted by molar-refractivity contribution is -0.120. The van der Waals surface area contributed by atoms with Gasteiger partial charge in [-0.2, -0.15) is 5.10 Å². The van der Waals surface area contributed by atoms with Crippen LogP contribution >= 0.6 is 0 Å². The lowest BCUT2D eigenvalue weighted by atomic mass is 10.2. The largest absolute Gasteiger partial charge is 0.478 e. The van der Waals surface area contributed by atoms with E-state index in [4.69, 9.17) is 9.73 Å². The number of anilines is 1. The van der Waals surface area contributed by atoms with Crippen LogP contribution in [0.25, 0.3) is 0 Å². The lowest BCUT2D eigenvalue weighted by Crippen LogP contribution is -2.55. The second-order valence-electron chi connectivity index (χ2n) is 6.41. The number of aliphatic imine (C=N–C) groups is 1. The Kier molecular flexibility index (Phi) is 6.46. The zero-order chi connectivity index (χ0) is 19.9. The summed E-state index contributed by atoms with van der Waals surface area (Å²) in [5, 5.41) is 7.43. The number of ether oxygens (including phenoxy) is 1. The molecule has 1 N–H and O–H groups in total. The maximum absolute atomic E-state index is 12.7. The van der Waals surface area contributed by atoms with Gasteiger partial charge in [0.2, 0.25) is 11.8 Å². The van der Waals surface area contributed by atoms with E-state index in [-0.39, 0.29) is 12.5 Å². The molecule has 28 heavy (non-hydrogen) atoms. The summed E-state index contributed by atoms with van der Waals surface area (Å²) in [5.74, 6) is 1.34. The number of piperazine rings is 1. The van der Waals surface area contributed by atoms with Gasteiger partial charge >= 0.3 is 0 Å². The fourth-order valence-corrected chi connectivity index (χ4v) is 3.07. The number of amides is 1.